The summed E-state index contributed by atoms with van der Waals surface area (Å²) in [6.07, 6.45) is 2.46. The summed E-state index contributed by atoms with van der Waals surface area (Å²) in [5.74, 6) is 0.819. The number of nitrogens with one attached hydrogen (secondary N) is 1. The van der Waals surface area contributed by atoms with Gasteiger partial charge >= 0.3 is 0 Å². The monoisotopic (exact) mass is 350 g/mol. The predicted molar refractivity (Wildman–Crippen MR) is 98.0 cm³/mol. The number of benzene rings is 2. The van der Waals surface area contributed by atoms with Gasteiger partial charge in [0.1, 0.15) is 5.75 Å². The van der Waals surface area contributed by atoms with Gasteiger partial charge in [0, 0.05) is 28.1 Å². The topological polar surface area (TPSA) is 55.0 Å². The molecule has 1 aliphatic rings. The third kappa shape index (κ3) is 2.96. The molecule has 124 valence electrons. The normalized spacial score (nSPS) is 14.8. The third-order valence-corrected chi connectivity index (χ3v) is 4.55. The molecule has 2 aromatic carbocycles. The molecule has 0 saturated carbocycles. The molecule has 0 unspecified atom stereocenters. The van der Waals surface area contributed by atoms with E-state index in [-0.39, 0.29) is 5.78 Å². The molecule has 0 bridgehead atoms. The lowest BCUT2D eigenvalue weighted by molar-refractivity contribution is 0.104. The number of nitrogens with zero attached hydrogens (tertiary/aromatic N) is 1. The highest BCUT2D eigenvalue weighted by Crippen LogP contribution is 2.31. The average Bonchev–Trinajstić information content (AvgIpc) is 3.21. The highest BCUT2D eigenvalue weighted by atomic mass is 35.5. The van der Waals surface area contributed by atoms with E-state index in [0.29, 0.717) is 11.4 Å². The number of ether oxygens (including phenoxy) is 1. The molecule has 4 nitrogen and oxygen atoms in total. The van der Waals surface area contributed by atoms with Crippen LogP contribution in [0.25, 0.3) is 17.3 Å². The van der Waals surface area contributed by atoms with E-state index in [0.717, 1.165) is 39.4 Å². The molecule has 0 saturated heterocycles. The Bertz CT molecular complexity index is 987. The first kappa shape index (κ1) is 15.7. The van der Waals surface area contributed by atoms with Crippen LogP contribution >= 0.6 is 11.6 Å². The van der Waals surface area contributed by atoms with Gasteiger partial charge in [-0.2, -0.15) is 5.10 Å². The molecule has 3 aromatic rings. The maximum Gasteiger partial charge on any atom is 0.189 e. The molecule has 0 fully saturated rings. The number of fused-ring (bicyclic) bond motifs is 1. The standard InChI is InChI=1S/C20H15ClN2O2/c1-25-17-6-7-18-13(10-17)8-14(20(18)24)9-16-11-19(23-22-16)12-2-4-15(21)5-3-12/h2-7,9-11H,8H2,1H3,(H,22,23)/b14-9+. The highest BCUT2D eigenvalue weighted by Gasteiger charge is 2.25. The van der Waals surface area contributed by atoms with E-state index in [1.54, 1.807) is 7.11 Å². The number of H-pyrrole nitrogens is 1. The number of aromatic nitrogens is 2. The lowest BCUT2D eigenvalue weighted by Gasteiger charge is -2.01. The molecule has 0 aliphatic heterocycles. The van der Waals surface area contributed by atoms with Crippen LogP contribution in [0.5, 0.6) is 5.75 Å². The molecule has 0 amide bonds. The molecular formula is C20H15ClN2O2. The molecule has 1 N–H and O–H groups in total. The number of methoxy groups -OCH3 is 1. The van der Waals surface area contributed by atoms with Crippen LogP contribution in [0.15, 0.2) is 54.1 Å². The smallest absolute Gasteiger partial charge is 0.189 e. The average molecular weight is 351 g/mol. The van der Waals surface area contributed by atoms with Gasteiger partial charge in [-0.05, 0) is 48.0 Å². The first-order valence-corrected chi connectivity index (χ1v) is 8.25. The van der Waals surface area contributed by atoms with Crippen molar-refractivity contribution >= 4 is 23.5 Å². The van der Waals surface area contributed by atoms with E-state index in [9.17, 15) is 4.79 Å². The van der Waals surface area contributed by atoms with Gasteiger partial charge in [-0.3, -0.25) is 9.89 Å². The number of carbonyl (C=O) groups is 1. The summed E-state index contributed by atoms with van der Waals surface area (Å²) in [5.41, 5.74) is 5.06. The summed E-state index contributed by atoms with van der Waals surface area (Å²) >= 11 is 5.92. The maximum atomic E-state index is 12.6. The molecule has 0 radical (unpaired) electrons. The zero-order valence-electron chi connectivity index (χ0n) is 13.5. The Labute approximate surface area is 150 Å². The molecule has 1 aromatic heterocycles. The second kappa shape index (κ2) is 6.22. The second-order valence-corrected chi connectivity index (χ2v) is 6.35. The van der Waals surface area contributed by atoms with Gasteiger partial charge < -0.3 is 4.74 Å². The number of ketones is 1. The van der Waals surface area contributed by atoms with E-state index in [1.165, 1.54) is 0 Å². The van der Waals surface area contributed by atoms with E-state index < -0.39 is 0 Å². The van der Waals surface area contributed by atoms with Gasteiger partial charge in [-0.25, -0.2) is 0 Å². The van der Waals surface area contributed by atoms with Gasteiger partial charge in [-0.1, -0.05) is 23.7 Å². The summed E-state index contributed by atoms with van der Waals surface area (Å²) in [6, 6.07) is 15.0. The first-order valence-electron chi connectivity index (χ1n) is 7.87. The minimum Gasteiger partial charge on any atom is -0.497 e. The molecule has 4 rings (SSSR count). The van der Waals surface area contributed by atoms with Crippen LogP contribution in [0.4, 0.5) is 0 Å². The lowest BCUT2D eigenvalue weighted by Crippen LogP contribution is -1.95. The Kier molecular flexibility index (Phi) is 3.90. The van der Waals surface area contributed by atoms with Crippen LogP contribution < -0.4 is 4.74 Å². The van der Waals surface area contributed by atoms with E-state index in [2.05, 4.69) is 10.2 Å². The van der Waals surface area contributed by atoms with Crippen LogP contribution in [0, 0.1) is 0 Å². The Morgan fingerprint density at radius 2 is 1.96 bits per heavy atom. The number of allylic oxidation sites excluding steroid dienone is 1. The summed E-state index contributed by atoms with van der Waals surface area (Å²) in [6.45, 7) is 0. The molecule has 1 aliphatic carbocycles. The maximum absolute atomic E-state index is 12.6. The van der Waals surface area contributed by atoms with Gasteiger partial charge in [0.15, 0.2) is 5.78 Å². The number of halogens is 1. The summed E-state index contributed by atoms with van der Waals surface area (Å²) in [7, 11) is 1.62. The second-order valence-electron chi connectivity index (χ2n) is 5.91. The Morgan fingerprint density at radius 1 is 1.16 bits per heavy atom. The summed E-state index contributed by atoms with van der Waals surface area (Å²) < 4.78 is 5.23. The van der Waals surface area contributed by atoms with Crippen molar-refractivity contribution in [3.05, 3.63) is 75.9 Å². The van der Waals surface area contributed by atoms with E-state index >= 15 is 0 Å². The van der Waals surface area contributed by atoms with Crippen molar-refractivity contribution in [1.29, 1.82) is 0 Å². The van der Waals surface area contributed by atoms with Crippen molar-refractivity contribution in [2.75, 3.05) is 7.11 Å². The minimum absolute atomic E-state index is 0.0558. The Balaban J connectivity index is 1.62. The van der Waals surface area contributed by atoms with Crippen LogP contribution in [0.2, 0.25) is 5.02 Å². The van der Waals surface area contributed by atoms with E-state index in [1.807, 2.05) is 54.6 Å². The van der Waals surface area contributed by atoms with Gasteiger partial charge in [0.25, 0.3) is 0 Å². The molecule has 5 heteroatoms. The number of carbonyl (C=O) groups excluding carboxylic acids is 1. The number of Topliss-reactive ketones (excluding diaryl/α,β-unsaturated/α-hetero) is 1. The Morgan fingerprint density at radius 3 is 2.72 bits per heavy atom. The summed E-state index contributed by atoms with van der Waals surface area (Å²) in [5, 5.41) is 7.98. The van der Waals surface area contributed by atoms with Gasteiger partial charge in [0.05, 0.1) is 18.5 Å². The molecule has 25 heavy (non-hydrogen) atoms. The lowest BCUT2D eigenvalue weighted by atomic mass is 10.1. The minimum atomic E-state index is 0.0558. The summed E-state index contributed by atoms with van der Waals surface area (Å²) in [4.78, 5) is 12.6. The van der Waals surface area contributed by atoms with Crippen LogP contribution in [0.3, 0.4) is 0 Å². The largest absolute Gasteiger partial charge is 0.497 e. The van der Waals surface area contributed by atoms with Crippen molar-refractivity contribution in [2.24, 2.45) is 0 Å². The van der Waals surface area contributed by atoms with Crippen molar-refractivity contribution in [3.8, 4) is 17.0 Å². The highest BCUT2D eigenvalue weighted by molar-refractivity contribution is 6.30. The quantitative estimate of drug-likeness (QED) is 0.704. The predicted octanol–water partition coefficient (Wildman–Crippen LogP) is 4.56. The van der Waals surface area contributed by atoms with Crippen LogP contribution in [0.1, 0.15) is 21.6 Å². The fourth-order valence-electron chi connectivity index (χ4n) is 3.01. The molecule has 0 atom stereocenters. The number of hydrogen-bond donors (Lipinski definition) is 1. The van der Waals surface area contributed by atoms with Crippen LogP contribution in [-0.4, -0.2) is 23.1 Å². The first-order chi connectivity index (χ1) is 12.1. The fourth-order valence-corrected chi connectivity index (χ4v) is 3.13. The third-order valence-electron chi connectivity index (χ3n) is 4.30. The molecule has 1 heterocycles. The number of aromatic amines is 1. The van der Waals surface area contributed by atoms with Gasteiger partial charge in [-0.15, -0.1) is 0 Å². The molecular weight excluding hydrogens is 336 g/mol. The number of rotatable bonds is 3. The molecule has 0 spiro atoms. The van der Waals surface area contributed by atoms with Crippen molar-refractivity contribution < 1.29 is 9.53 Å². The van der Waals surface area contributed by atoms with Crippen molar-refractivity contribution in [2.45, 2.75) is 6.42 Å². The van der Waals surface area contributed by atoms with Crippen molar-refractivity contribution in [1.82, 2.24) is 10.2 Å². The zero-order valence-corrected chi connectivity index (χ0v) is 14.3. The van der Waals surface area contributed by atoms with Crippen molar-refractivity contribution in [3.63, 3.8) is 0 Å². The van der Waals surface area contributed by atoms with Crippen LogP contribution in [-0.2, 0) is 6.42 Å². The Hall–Kier alpha value is -2.85. The van der Waals surface area contributed by atoms with E-state index in [4.69, 9.17) is 16.3 Å². The van der Waals surface area contributed by atoms with Gasteiger partial charge in [0.2, 0.25) is 0 Å². The zero-order chi connectivity index (χ0) is 17.4. The number of hydrogen-bond acceptors (Lipinski definition) is 3. The SMILES string of the molecule is COc1ccc2c(c1)C/C(=C\c1cc(-c3ccc(Cl)cc3)n[nH]1)C2=O. The fraction of sp³-hybridized carbons (Fsp3) is 0.100.